The van der Waals surface area contributed by atoms with Gasteiger partial charge in [0.1, 0.15) is 11.9 Å². The average Bonchev–Trinajstić information content (AvgIpc) is 2.82. The lowest BCUT2D eigenvalue weighted by molar-refractivity contribution is -0.0102. The van der Waals surface area contributed by atoms with Gasteiger partial charge in [-0.15, -0.1) is 0 Å². The molecule has 0 bridgehead atoms. The SMILES string of the molecule is Cc1cc(NC(=O)c2c(N3CCCC(F)(F)CC3)ncc(C#N)c2C)ccn1. The molecule has 28 heavy (non-hydrogen) atoms. The van der Waals surface area contributed by atoms with Crippen molar-refractivity contribution < 1.29 is 13.6 Å². The molecule has 1 saturated heterocycles. The predicted octanol–water partition coefficient (Wildman–Crippen LogP) is 3.84. The summed E-state index contributed by atoms with van der Waals surface area (Å²) in [4.78, 5) is 23.1. The van der Waals surface area contributed by atoms with Crippen LogP contribution in [0.1, 0.15) is 46.4 Å². The second kappa shape index (κ2) is 7.89. The third-order valence-corrected chi connectivity index (χ3v) is 4.84. The van der Waals surface area contributed by atoms with Crippen molar-refractivity contribution in [2.45, 2.75) is 39.0 Å². The zero-order chi connectivity index (χ0) is 20.3. The maximum Gasteiger partial charge on any atom is 0.259 e. The molecule has 3 rings (SSSR count). The third-order valence-electron chi connectivity index (χ3n) is 4.84. The number of amides is 1. The summed E-state index contributed by atoms with van der Waals surface area (Å²) >= 11 is 0. The molecule has 1 N–H and O–H groups in total. The Hall–Kier alpha value is -3.08. The van der Waals surface area contributed by atoms with Crippen molar-refractivity contribution in [1.29, 1.82) is 5.26 Å². The Morgan fingerprint density at radius 3 is 2.79 bits per heavy atom. The second-order valence-electron chi connectivity index (χ2n) is 6.94. The van der Waals surface area contributed by atoms with E-state index in [0.717, 1.165) is 5.69 Å². The van der Waals surface area contributed by atoms with E-state index >= 15 is 0 Å². The van der Waals surface area contributed by atoms with Gasteiger partial charge in [0, 0.05) is 49.7 Å². The minimum absolute atomic E-state index is 0.0972. The summed E-state index contributed by atoms with van der Waals surface area (Å²) in [6.07, 6.45) is 2.80. The molecule has 0 saturated carbocycles. The van der Waals surface area contributed by atoms with Crippen LogP contribution in [0.2, 0.25) is 0 Å². The smallest absolute Gasteiger partial charge is 0.259 e. The molecule has 0 radical (unpaired) electrons. The number of rotatable bonds is 3. The lowest BCUT2D eigenvalue weighted by Gasteiger charge is -2.25. The van der Waals surface area contributed by atoms with E-state index in [2.05, 4.69) is 15.3 Å². The van der Waals surface area contributed by atoms with E-state index in [0.29, 0.717) is 30.0 Å². The van der Waals surface area contributed by atoms with Crippen molar-refractivity contribution in [2.24, 2.45) is 0 Å². The topological polar surface area (TPSA) is 81.9 Å². The lowest BCUT2D eigenvalue weighted by Crippen LogP contribution is -2.30. The van der Waals surface area contributed by atoms with Gasteiger partial charge in [0.05, 0.1) is 11.1 Å². The zero-order valence-corrected chi connectivity index (χ0v) is 15.8. The van der Waals surface area contributed by atoms with Gasteiger partial charge in [-0.1, -0.05) is 0 Å². The Morgan fingerprint density at radius 1 is 1.29 bits per heavy atom. The quantitative estimate of drug-likeness (QED) is 0.868. The predicted molar refractivity (Wildman–Crippen MR) is 102 cm³/mol. The van der Waals surface area contributed by atoms with Gasteiger partial charge in [-0.2, -0.15) is 5.26 Å². The number of pyridine rings is 2. The van der Waals surface area contributed by atoms with Gasteiger partial charge in [-0.05, 0) is 38.0 Å². The van der Waals surface area contributed by atoms with E-state index in [-0.39, 0.29) is 30.5 Å². The molecule has 3 heterocycles. The Morgan fingerprint density at radius 2 is 2.07 bits per heavy atom. The fourth-order valence-corrected chi connectivity index (χ4v) is 3.31. The van der Waals surface area contributed by atoms with Crippen LogP contribution >= 0.6 is 0 Å². The number of anilines is 2. The largest absolute Gasteiger partial charge is 0.356 e. The highest BCUT2D eigenvalue weighted by molar-refractivity contribution is 6.09. The van der Waals surface area contributed by atoms with Crippen LogP contribution in [0.15, 0.2) is 24.5 Å². The summed E-state index contributed by atoms with van der Waals surface area (Å²) in [5, 5.41) is 12.1. The van der Waals surface area contributed by atoms with E-state index in [9.17, 15) is 18.8 Å². The van der Waals surface area contributed by atoms with Crippen LogP contribution in [0.3, 0.4) is 0 Å². The van der Waals surface area contributed by atoms with Crippen LogP contribution in [0.4, 0.5) is 20.3 Å². The maximum absolute atomic E-state index is 13.8. The van der Waals surface area contributed by atoms with Crippen molar-refractivity contribution in [1.82, 2.24) is 9.97 Å². The summed E-state index contributed by atoms with van der Waals surface area (Å²) < 4.78 is 27.5. The van der Waals surface area contributed by atoms with Crippen LogP contribution in [-0.2, 0) is 0 Å². The van der Waals surface area contributed by atoms with Gasteiger partial charge in [0.2, 0.25) is 5.92 Å². The highest BCUT2D eigenvalue weighted by Crippen LogP contribution is 2.32. The highest BCUT2D eigenvalue weighted by atomic mass is 19.3. The Balaban J connectivity index is 1.98. The van der Waals surface area contributed by atoms with Crippen LogP contribution < -0.4 is 10.2 Å². The molecule has 2 aromatic rings. The third kappa shape index (κ3) is 4.25. The fraction of sp³-hybridized carbons (Fsp3) is 0.400. The first kappa shape index (κ1) is 19.7. The summed E-state index contributed by atoms with van der Waals surface area (Å²) in [6, 6.07) is 5.41. The van der Waals surface area contributed by atoms with Crippen LogP contribution in [-0.4, -0.2) is 34.9 Å². The van der Waals surface area contributed by atoms with E-state index in [1.165, 1.54) is 6.20 Å². The van der Waals surface area contributed by atoms with E-state index in [4.69, 9.17) is 0 Å². The highest BCUT2D eigenvalue weighted by Gasteiger charge is 2.33. The molecule has 0 spiro atoms. The molecule has 8 heteroatoms. The number of halogens is 2. The van der Waals surface area contributed by atoms with Crippen molar-refractivity contribution >= 4 is 17.4 Å². The number of aryl methyl sites for hydroxylation is 1. The number of nitrogens with zero attached hydrogens (tertiary/aromatic N) is 4. The first-order valence-corrected chi connectivity index (χ1v) is 9.07. The Bertz CT molecular complexity index is 939. The van der Waals surface area contributed by atoms with Crippen molar-refractivity contribution in [2.75, 3.05) is 23.3 Å². The molecular formula is C20H21F2N5O. The number of nitriles is 1. The second-order valence-corrected chi connectivity index (χ2v) is 6.94. The lowest BCUT2D eigenvalue weighted by atomic mass is 10.0. The van der Waals surface area contributed by atoms with E-state index < -0.39 is 11.8 Å². The summed E-state index contributed by atoms with van der Waals surface area (Å²) in [7, 11) is 0. The van der Waals surface area contributed by atoms with Crippen molar-refractivity contribution in [3.05, 3.63) is 46.9 Å². The molecule has 0 unspecified atom stereocenters. The molecule has 1 amide bonds. The van der Waals surface area contributed by atoms with E-state index in [1.54, 1.807) is 30.2 Å². The van der Waals surface area contributed by atoms with Gasteiger partial charge in [0.25, 0.3) is 5.91 Å². The number of aromatic nitrogens is 2. The van der Waals surface area contributed by atoms with E-state index in [1.807, 2.05) is 13.0 Å². The minimum atomic E-state index is -2.71. The van der Waals surface area contributed by atoms with Gasteiger partial charge in [-0.25, -0.2) is 13.8 Å². The number of carbonyl (C=O) groups is 1. The number of hydrogen-bond donors (Lipinski definition) is 1. The van der Waals surface area contributed by atoms with Crippen LogP contribution in [0.25, 0.3) is 0 Å². The van der Waals surface area contributed by atoms with Crippen LogP contribution in [0.5, 0.6) is 0 Å². The number of hydrogen-bond acceptors (Lipinski definition) is 5. The minimum Gasteiger partial charge on any atom is -0.356 e. The normalized spacial score (nSPS) is 16.2. The monoisotopic (exact) mass is 385 g/mol. The average molecular weight is 385 g/mol. The molecule has 0 atom stereocenters. The van der Waals surface area contributed by atoms with Gasteiger partial charge >= 0.3 is 0 Å². The summed E-state index contributed by atoms with van der Waals surface area (Å²) in [6.45, 7) is 3.95. The van der Waals surface area contributed by atoms with Crippen molar-refractivity contribution in [3.8, 4) is 6.07 Å². The zero-order valence-electron chi connectivity index (χ0n) is 15.8. The van der Waals surface area contributed by atoms with Gasteiger partial charge in [0.15, 0.2) is 0 Å². The van der Waals surface area contributed by atoms with Gasteiger partial charge in [-0.3, -0.25) is 9.78 Å². The molecule has 6 nitrogen and oxygen atoms in total. The first-order chi connectivity index (χ1) is 13.3. The molecule has 1 aliphatic heterocycles. The standard InChI is InChI=1S/C20H21F2N5O/c1-13-10-16(4-7-24-13)26-19(28)17-14(2)15(11-23)12-25-18(17)27-8-3-5-20(21,22)6-9-27/h4,7,10,12H,3,5-6,8-9H2,1-2H3,(H,24,26,28). The number of alkyl halides is 2. The molecule has 0 aliphatic carbocycles. The Labute approximate surface area is 162 Å². The Kier molecular flexibility index (Phi) is 5.54. The van der Waals surface area contributed by atoms with Crippen molar-refractivity contribution in [3.63, 3.8) is 0 Å². The molecule has 0 aromatic carbocycles. The molecule has 2 aromatic heterocycles. The molecular weight excluding hydrogens is 364 g/mol. The number of nitrogens with one attached hydrogen (secondary N) is 1. The molecule has 146 valence electrons. The summed E-state index contributed by atoms with van der Waals surface area (Å²) in [5.74, 6) is -2.82. The van der Waals surface area contributed by atoms with Gasteiger partial charge < -0.3 is 10.2 Å². The maximum atomic E-state index is 13.8. The number of carbonyl (C=O) groups excluding carboxylic acids is 1. The summed E-state index contributed by atoms with van der Waals surface area (Å²) in [5.41, 5.74) is 2.30. The molecule has 1 fully saturated rings. The fourth-order valence-electron chi connectivity index (χ4n) is 3.31. The van der Waals surface area contributed by atoms with Crippen LogP contribution in [0, 0.1) is 25.2 Å². The first-order valence-electron chi connectivity index (χ1n) is 9.07. The molecule has 1 aliphatic rings.